The summed E-state index contributed by atoms with van der Waals surface area (Å²) in [5.74, 6) is -0.697. The van der Waals surface area contributed by atoms with Gasteiger partial charge in [-0.3, -0.25) is 20.0 Å². The summed E-state index contributed by atoms with van der Waals surface area (Å²) >= 11 is 1.32. The fourth-order valence-electron chi connectivity index (χ4n) is 3.61. The Morgan fingerprint density at radius 2 is 2.18 bits per heavy atom. The van der Waals surface area contributed by atoms with Crippen LogP contribution in [0.15, 0.2) is 29.8 Å². The number of aromatic nitrogens is 1. The van der Waals surface area contributed by atoms with Crippen LogP contribution in [-0.2, 0) is 9.53 Å². The second-order valence-electron chi connectivity index (χ2n) is 7.50. The summed E-state index contributed by atoms with van der Waals surface area (Å²) in [5, 5.41) is 9.04. The van der Waals surface area contributed by atoms with Crippen molar-refractivity contribution in [3.8, 4) is 0 Å². The van der Waals surface area contributed by atoms with E-state index in [1.54, 1.807) is 23.7 Å². The molecule has 0 radical (unpaired) electrons. The molecule has 0 aliphatic carbocycles. The minimum Gasteiger partial charge on any atom is -0.442 e. The first-order valence-electron chi connectivity index (χ1n) is 10.4. The highest BCUT2D eigenvalue weighted by Crippen LogP contribution is 2.28. The van der Waals surface area contributed by atoms with Crippen LogP contribution in [0.4, 0.5) is 30.5 Å². The molecule has 176 valence electrons. The van der Waals surface area contributed by atoms with Crippen LogP contribution in [0.3, 0.4) is 0 Å². The second kappa shape index (κ2) is 10.0. The van der Waals surface area contributed by atoms with Crippen LogP contribution >= 0.6 is 11.3 Å². The lowest BCUT2D eigenvalue weighted by molar-refractivity contribution is -0.119. The highest BCUT2D eigenvalue weighted by Gasteiger charge is 2.33. The number of hydrogen-bond acceptors (Lipinski definition) is 8. The normalized spacial score (nSPS) is 18.7. The molecule has 0 saturated carbocycles. The lowest BCUT2D eigenvalue weighted by Crippen LogP contribution is -2.46. The lowest BCUT2D eigenvalue weighted by Gasteiger charge is -2.24. The van der Waals surface area contributed by atoms with Gasteiger partial charge in [0.15, 0.2) is 5.13 Å². The van der Waals surface area contributed by atoms with Crippen LogP contribution in [0.5, 0.6) is 0 Å². The van der Waals surface area contributed by atoms with Gasteiger partial charge in [-0.15, -0.1) is 11.3 Å². The molecular formula is C20H24FN7O4S. The Labute approximate surface area is 193 Å². The summed E-state index contributed by atoms with van der Waals surface area (Å²) in [6.07, 6.45) is 0.524. The van der Waals surface area contributed by atoms with Crippen molar-refractivity contribution in [2.24, 2.45) is 0 Å². The summed E-state index contributed by atoms with van der Waals surface area (Å²) in [5.41, 5.74) is 3.79. The number of halogens is 1. The molecular weight excluding hydrogens is 453 g/mol. The topological polar surface area (TPSA) is 119 Å². The number of carbonyl (C=O) groups is 3. The molecule has 0 unspecified atom stereocenters. The molecule has 1 aromatic heterocycles. The molecule has 3 heterocycles. The number of hydrogen-bond donors (Lipinski definition) is 3. The van der Waals surface area contributed by atoms with Crippen molar-refractivity contribution in [2.45, 2.75) is 13.0 Å². The standard InChI is InChI=1S/C20H24FN7O4S/c1-13(29)23-11-15-12-27(20(31)32-15)14-2-3-17(16(21)10-14)26-6-4-24-28(8-7-26)19(30)25-18-22-5-9-33-18/h2-3,5,9-10,15,24H,4,6-8,11-12H2,1H3,(H,23,29)(H,22,25,30)/t15-/m0/s1. The van der Waals surface area contributed by atoms with Gasteiger partial charge in [-0.05, 0) is 18.2 Å². The molecule has 2 saturated heterocycles. The zero-order chi connectivity index (χ0) is 23.4. The molecule has 13 heteroatoms. The number of urea groups is 1. The molecule has 2 aliphatic heterocycles. The van der Waals surface area contributed by atoms with E-state index < -0.39 is 18.0 Å². The predicted molar refractivity (Wildman–Crippen MR) is 121 cm³/mol. The van der Waals surface area contributed by atoms with Gasteiger partial charge in [-0.2, -0.15) is 0 Å². The molecule has 4 rings (SSSR count). The summed E-state index contributed by atoms with van der Waals surface area (Å²) < 4.78 is 20.2. The minimum atomic E-state index is -0.585. The third-order valence-corrected chi connectivity index (χ3v) is 5.89. The quantitative estimate of drug-likeness (QED) is 0.599. The predicted octanol–water partition coefficient (Wildman–Crippen LogP) is 1.60. The highest BCUT2D eigenvalue weighted by molar-refractivity contribution is 7.13. The maximum Gasteiger partial charge on any atom is 0.414 e. The molecule has 1 atom stereocenters. The average molecular weight is 478 g/mol. The fourth-order valence-corrected chi connectivity index (χ4v) is 4.12. The molecule has 33 heavy (non-hydrogen) atoms. The van der Waals surface area contributed by atoms with E-state index in [-0.39, 0.29) is 25.0 Å². The van der Waals surface area contributed by atoms with E-state index in [1.807, 2.05) is 4.90 Å². The maximum atomic E-state index is 15.0. The van der Waals surface area contributed by atoms with Crippen LogP contribution in [0.1, 0.15) is 6.92 Å². The van der Waals surface area contributed by atoms with Crippen molar-refractivity contribution in [1.82, 2.24) is 20.7 Å². The van der Waals surface area contributed by atoms with Crippen molar-refractivity contribution in [3.63, 3.8) is 0 Å². The number of anilines is 3. The van der Waals surface area contributed by atoms with E-state index >= 15 is 4.39 Å². The Morgan fingerprint density at radius 1 is 1.33 bits per heavy atom. The number of thiazole rings is 1. The van der Waals surface area contributed by atoms with Gasteiger partial charge in [-0.25, -0.2) is 24.4 Å². The molecule has 2 fully saturated rings. The van der Waals surface area contributed by atoms with E-state index in [0.29, 0.717) is 42.7 Å². The van der Waals surface area contributed by atoms with E-state index in [2.05, 4.69) is 21.0 Å². The Hall–Kier alpha value is -3.45. The number of rotatable bonds is 5. The van der Waals surface area contributed by atoms with Gasteiger partial charge < -0.3 is 15.0 Å². The Balaban J connectivity index is 1.37. The number of nitrogens with one attached hydrogen (secondary N) is 3. The second-order valence-corrected chi connectivity index (χ2v) is 8.40. The average Bonchev–Trinajstić information content (AvgIpc) is 3.35. The first-order chi connectivity index (χ1) is 15.9. The summed E-state index contributed by atoms with van der Waals surface area (Å²) in [7, 11) is 0. The molecule has 1 aromatic carbocycles. The number of carbonyl (C=O) groups excluding carboxylic acids is 3. The van der Waals surface area contributed by atoms with E-state index in [9.17, 15) is 14.4 Å². The Bertz CT molecular complexity index is 1020. The fraction of sp³-hybridized carbons (Fsp3) is 0.400. The molecule has 2 aromatic rings. The van der Waals surface area contributed by atoms with Crippen molar-refractivity contribution in [3.05, 3.63) is 35.6 Å². The van der Waals surface area contributed by atoms with Gasteiger partial charge in [0, 0.05) is 38.1 Å². The minimum absolute atomic E-state index is 0.200. The molecule has 3 N–H and O–H groups in total. The van der Waals surface area contributed by atoms with Gasteiger partial charge in [0.25, 0.3) is 0 Å². The summed E-state index contributed by atoms with van der Waals surface area (Å²) in [6, 6.07) is 4.24. The van der Waals surface area contributed by atoms with E-state index in [0.717, 1.165) is 0 Å². The SMILES string of the molecule is CC(=O)NC[C@H]1CN(c2ccc(N3CCNN(C(=O)Nc4nccs4)CC3)c(F)c2)C(=O)O1. The largest absolute Gasteiger partial charge is 0.442 e. The van der Waals surface area contributed by atoms with Gasteiger partial charge in [0.1, 0.15) is 11.9 Å². The first kappa shape index (κ1) is 22.7. The van der Waals surface area contributed by atoms with Crippen LogP contribution in [0.2, 0.25) is 0 Å². The lowest BCUT2D eigenvalue weighted by atomic mass is 10.2. The van der Waals surface area contributed by atoms with Crippen molar-refractivity contribution in [2.75, 3.05) is 54.4 Å². The first-order valence-corrected chi connectivity index (χ1v) is 11.3. The highest BCUT2D eigenvalue weighted by atomic mass is 32.1. The van der Waals surface area contributed by atoms with Crippen LogP contribution in [0.25, 0.3) is 0 Å². The molecule has 11 nitrogen and oxygen atoms in total. The third kappa shape index (κ3) is 5.49. The van der Waals surface area contributed by atoms with Crippen molar-refractivity contribution < 1.29 is 23.5 Å². The van der Waals surface area contributed by atoms with Crippen LogP contribution in [-0.4, -0.2) is 73.4 Å². The zero-order valence-corrected chi connectivity index (χ0v) is 18.7. The molecule has 0 spiro atoms. The summed E-state index contributed by atoms with van der Waals surface area (Å²) in [6.45, 7) is 3.48. The number of nitrogens with zero attached hydrogens (tertiary/aromatic N) is 4. The van der Waals surface area contributed by atoms with Crippen LogP contribution in [0, 0.1) is 5.82 Å². The van der Waals surface area contributed by atoms with E-state index in [4.69, 9.17) is 4.74 Å². The maximum absolute atomic E-state index is 15.0. The number of amides is 4. The summed E-state index contributed by atoms with van der Waals surface area (Å²) in [4.78, 5) is 42.9. The number of hydrazine groups is 1. The van der Waals surface area contributed by atoms with E-state index in [1.165, 1.54) is 34.2 Å². The number of cyclic esters (lactones) is 1. The third-order valence-electron chi connectivity index (χ3n) is 5.21. The smallest absolute Gasteiger partial charge is 0.414 e. The van der Waals surface area contributed by atoms with Gasteiger partial charge in [-0.1, -0.05) is 0 Å². The van der Waals surface area contributed by atoms with Crippen LogP contribution < -0.4 is 25.9 Å². The van der Waals surface area contributed by atoms with Gasteiger partial charge >= 0.3 is 12.1 Å². The van der Waals surface area contributed by atoms with Crippen molar-refractivity contribution in [1.29, 1.82) is 0 Å². The molecule has 4 amide bonds. The Morgan fingerprint density at radius 3 is 2.91 bits per heavy atom. The van der Waals surface area contributed by atoms with Gasteiger partial charge in [0.2, 0.25) is 5.91 Å². The number of ether oxygens (including phenoxy) is 1. The monoisotopic (exact) mass is 477 g/mol. The Kier molecular flexibility index (Phi) is 6.89. The zero-order valence-electron chi connectivity index (χ0n) is 17.9. The van der Waals surface area contributed by atoms with Gasteiger partial charge in [0.05, 0.1) is 31.0 Å². The molecule has 0 bridgehead atoms. The number of benzene rings is 1. The molecule has 2 aliphatic rings. The van der Waals surface area contributed by atoms with Crippen molar-refractivity contribution >= 4 is 45.9 Å².